The number of nitrogens with one attached hydrogen (secondary N) is 2. The van der Waals surface area contributed by atoms with Crippen molar-refractivity contribution >= 4 is 5.82 Å². The van der Waals surface area contributed by atoms with Crippen LogP contribution < -0.4 is 17.0 Å². The number of hydrogen-bond donors (Lipinski definition) is 4. The van der Waals surface area contributed by atoms with Gasteiger partial charge in [0, 0.05) is 11.1 Å². The van der Waals surface area contributed by atoms with Crippen molar-refractivity contribution < 1.29 is 13.2 Å². The lowest BCUT2D eigenvalue weighted by molar-refractivity contribution is 0.433. The van der Waals surface area contributed by atoms with E-state index in [1.807, 2.05) is 0 Å². The van der Waals surface area contributed by atoms with E-state index in [4.69, 9.17) is 11.6 Å². The standard InChI is InChI=1S/C10H10F3N5/c11-6-2-1-4(7(12)8(6)13)9(17-15)5-3-16-18-10(5)14/h1-3,9,17H,15H2,(H3,14,16,18). The van der Waals surface area contributed by atoms with Crippen LogP contribution in [-0.2, 0) is 0 Å². The van der Waals surface area contributed by atoms with Gasteiger partial charge in [-0.2, -0.15) is 5.10 Å². The van der Waals surface area contributed by atoms with Gasteiger partial charge in [0.05, 0.1) is 12.2 Å². The number of benzene rings is 1. The molecule has 0 spiro atoms. The van der Waals surface area contributed by atoms with Gasteiger partial charge in [-0.05, 0) is 6.07 Å². The summed E-state index contributed by atoms with van der Waals surface area (Å²) in [5, 5.41) is 6.09. The van der Waals surface area contributed by atoms with Gasteiger partial charge in [-0.3, -0.25) is 10.9 Å². The molecule has 1 heterocycles. The highest BCUT2D eigenvalue weighted by molar-refractivity contribution is 5.44. The SMILES string of the molecule is NNC(c1cn[nH]c1N)c1ccc(F)c(F)c1F. The number of nitrogen functional groups attached to an aromatic ring is 1. The second-order valence-electron chi connectivity index (χ2n) is 3.60. The molecule has 1 unspecified atom stereocenters. The molecular formula is C10H10F3N5. The molecule has 96 valence electrons. The summed E-state index contributed by atoms with van der Waals surface area (Å²) >= 11 is 0. The first-order valence-electron chi connectivity index (χ1n) is 4.94. The van der Waals surface area contributed by atoms with Crippen LogP contribution in [0.1, 0.15) is 17.2 Å². The lowest BCUT2D eigenvalue weighted by Gasteiger charge is -2.16. The summed E-state index contributed by atoms with van der Waals surface area (Å²) in [4.78, 5) is 0. The van der Waals surface area contributed by atoms with Gasteiger partial charge in [-0.1, -0.05) is 6.07 Å². The number of halogens is 3. The zero-order valence-corrected chi connectivity index (χ0v) is 9.05. The Labute approximate surface area is 99.9 Å². The predicted octanol–water partition coefficient (Wildman–Crippen LogP) is 0.962. The van der Waals surface area contributed by atoms with Crippen molar-refractivity contribution in [3.05, 3.63) is 46.9 Å². The van der Waals surface area contributed by atoms with Crippen molar-refractivity contribution in [1.82, 2.24) is 15.6 Å². The number of H-pyrrole nitrogens is 1. The summed E-state index contributed by atoms with van der Waals surface area (Å²) in [6.07, 6.45) is 1.32. The van der Waals surface area contributed by atoms with E-state index in [1.165, 1.54) is 6.20 Å². The van der Waals surface area contributed by atoms with Crippen LogP contribution in [-0.4, -0.2) is 10.2 Å². The molecular weight excluding hydrogens is 247 g/mol. The number of hydrazine groups is 1. The number of nitrogens with zero attached hydrogens (tertiary/aromatic N) is 1. The quantitative estimate of drug-likeness (QED) is 0.374. The maximum atomic E-state index is 13.6. The van der Waals surface area contributed by atoms with E-state index >= 15 is 0 Å². The van der Waals surface area contributed by atoms with E-state index in [1.54, 1.807) is 0 Å². The van der Waals surface area contributed by atoms with Crippen molar-refractivity contribution in [3.63, 3.8) is 0 Å². The molecule has 0 amide bonds. The van der Waals surface area contributed by atoms with Crippen molar-refractivity contribution in [2.24, 2.45) is 5.84 Å². The van der Waals surface area contributed by atoms with Crippen LogP contribution >= 0.6 is 0 Å². The van der Waals surface area contributed by atoms with Crippen LogP contribution in [0.15, 0.2) is 18.3 Å². The van der Waals surface area contributed by atoms with Crippen LogP contribution in [0.3, 0.4) is 0 Å². The summed E-state index contributed by atoms with van der Waals surface area (Å²) in [7, 11) is 0. The van der Waals surface area contributed by atoms with Crippen LogP contribution in [0.25, 0.3) is 0 Å². The Morgan fingerprint density at radius 3 is 2.44 bits per heavy atom. The van der Waals surface area contributed by atoms with E-state index in [2.05, 4.69) is 15.6 Å². The second kappa shape index (κ2) is 4.67. The number of hydrogen-bond acceptors (Lipinski definition) is 4. The molecule has 0 aliphatic heterocycles. The zero-order chi connectivity index (χ0) is 13.3. The maximum Gasteiger partial charge on any atom is 0.194 e. The minimum atomic E-state index is -1.56. The fourth-order valence-corrected chi connectivity index (χ4v) is 1.65. The molecule has 1 aromatic carbocycles. The molecule has 2 rings (SSSR count). The molecule has 0 radical (unpaired) electrons. The summed E-state index contributed by atoms with van der Waals surface area (Å²) in [5.74, 6) is 1.29. The Morgan fingerprint density at radius 2 is 1.89 bits per heavy atom. The van der Waals surface area contributed by atoms with E-state index in [9.17, 15) is 13.2 Å². The van der Waals surface area contributed by atoms with E-state index in [0.717, 1.165) is 12.1 Å². The van der Waals surface area contributed by atoms with E-state index < -0.39 is 23.5 Å². The Bertz CT molecular complexity index is 569. The molecule has 0 fully saturated rings. The third-order valence-corrected chi connectivity index (χ3v) is 2.55. The Balaban J connectivity index is 2.53. The summed E-state index contributed by atoms with van der Waals surface area (Å²) < 4.78 is 39.6. The summed E-state index contributed by atoms with van der Waals surface area (Å²) in [5.41, 5.74) is 8.02. The van der Waals surface area contributed by atoms with Gasteiger partial charge in [0.2, 0.25) is 0 Å². The lowest BCUT2D eigenvalue weighted by Crippen LogP contribution is -2.30. The second-order valence-corrected chi connectivity index (χ2v) is 3.60. The normalized spacial score (nSPS) is 12.7. The molecule has 0 saturated carbocycles. The predicted molar refractivity (Wildman–Crippen MR) is 58.5 cm³/mol. The lowest BCUT2D eigenvalue weighted by atomic mass is 10.0. The monoisotopic (exact) mass is 257 g/mol. The van der Waals surface area contributed by atoms with Crippen molar-refractivity contribution in [3.8, 4) is 0 Å². The summed E-state index contributed by atoms with van der Waals surface area (Å²) in [6, 6.07) is 0.970. The molecule has 0 aliphatic carbocycles. The van der Waals surface area contributed by atoms with Gasteiger partial charge in [0.1, 0.15) is 5.82 Å². The topological polar surface area (TPSA) is 92.7 Å². The van der Waals surface area contributed by atoms with Crippen LogP contribution in [0.5, 0.6) is 0 Å². The first-order chi connectivity index (χ1) is 8.56. The number of aromatic nitrogens is 2. The van der Waals surface area contributed by atoms with Gasteiger partial charge < -0.3 is 5.73 Å². The highest BCUT2D eigenvalue weighted by atomic mass is 19.2. The van der Waals surface area contributed by atoms with Crippen LogP contribution in [0.2, 0.25) is 0 Å². The molecule has 0 aliphatic rings. The highest BCUT2D eigenvalue weighted by Crippen LogP contribution is 2.28. The molecule has 6 N–H and O–H groups in total. The largest absolute Gasteiger partial charge is 0.384 e. The molecule has 5 nitrogen and oxygen atoms in total. The fourth-order valence-electron chi connectivity index (χ4n) is 1.65. The molecule has 2 aromatic rings. The number of nitrogens with two attached hydrogens (primary N) is 2. The Kier molecular flexibility index (Phi) is 3.21. The van der Waals surface area contributed by atoms with Gasteiger partial charge in [-0.15, -0.1) is 0 Å². The van der Waals surface area contributed by atoms with Crippen LogP contribution in [0, 0.1) is 17.5 Å². The number of anilines is 1. The smallest absolute Gasteiger partial charge is 0.194 e. The highest BCUT2D eigenvalue weighted by Gasteiger charge is 2.23. The molecule has 1 aromatic heterocycles. The van der Waals surface area contributed by atoms with E-state index in [0.29, 0.717) is 5.56 Å². The molecule has 8 heteroatoms. The average molecular weight is 257 g/mol. The number of rotatable bonds is 3. The average Bonchev–Trinajstić information content (AvgIpc) is 2.77. The van der Waals surface area contributed by atoms with E-state index in [-0.39, 0.29) is 11.4 Å². The van der Waals surface area contributed by atoms with Gasteiger partial charge in [-0.25, -0.2) is 18.6 Å². The van der Waals surface area contributed by atoms with Crippen LogP contribution in [0.4, 0.5) is 19.0 Å². The Hall–Kier alpha value is -2.06. The zero-order valence-electron chi connectivity index (χ0n) is 9.05. The molecule has 0 saturated heterocycles. The van der Waals surface area contributed by atoms with Gasteiger partial charge >= 0.3 is 0 Å². The minimum absolute atomic E-state index is 0.155. The third-order valence-electron chi connectivity index (χ3n) is 2.55. The number of aromatic amines is 1. The summed E-state index contributed by atoms with van der Waals surface area (Å²) in [6.45, 7) is 0. The maximum absolute atomic E-state index is 13.6. The van der Waals surface area contributed by atoms with Gasteiger partial charge in [0.25, 0.3) is 0 Å². The molecule has 1 atom stereocenters. The van der Waals surface area contributed by atoms with Crippen molar-refractivity contribution in [2.45, 2.75) is 6.04 Å². The van der Waals surface area contributed by atoms with Crippen molar-refractivity contribution in [1.29, 1.82) is 0 Å². The minimum Gasteiger partial charge on any atom is -0.384 e. The third kappa shape index (κ3) is 1.91. The fraction of sp³-hybridized carbons (Fsp3) is 0.100. The Morgan fingerprint density at radius 1 is 1.17 bits per heavy atom. The molecule has 18 heavy (non-hydrogen) atoms. The first-order valence-corrected chi connectivity index (χ1v) is 4.94. The van der Waals surface area contributed by atoms with Gasteiger partial charge in [0.15, 0.2) is 17.5 Å². The first kappa shape index (κ1) is 12.4. The van der Waals surface area contributed by atoms with Crippen molar-refractivity contribution in [2.75, 3.05) is 5.73 Å². The molecule has 0 bridgehead atoms.